The Hall–Kier alpha value is -1.36. The molecular formula is C15H25N5. The van der Waals surface area contributed by atoms with Crippen LogP contribution < -0.4 is 15.5 Å². The van der Waals surface area contributed by atoms with Crippen LogP contribution in [-0.2, 0) is 0 Å². The van der Waals surface area contributed by atoms with Crippen LogP contribution in [0.5, 0.6) is 0 Å². The van der Waals surface area contributed by atoms with E-state index >= 15 is 0 Å². The fraction of sp³-hybridized carbons (Fsp3) is 0.733. The SMILES string of the molecule is c1nnc(NCC2CCCC2)cc1N1CCCNCC1. The van der Waals surface area contributed by atoms with Gasteiger partial charge in [0.2, 0.25) is 0 Å². The summed E-state index contributed by atoms with van der Waals surface area (Å²) < 4.78 is 0. The molecule has 0 bridgehead atoms. The number of nitrogens with one attached hydrogen (secondary N) is 2. The number of hydrogen-bond donors (Lipinski definition) is 2. The first-order valence-electron chi connectivity index (χ1n) is 7.94. The molecule has 3 rings (SSSR count). The van der Waals surface area contributed by atoms with Crippen LogP contribution in [0.1, 0.15) is 32.1 Å². The summed E-state index contributed by atoms with van der Waals surface area (Å²) in [6.45, 7) is 5.35. The van der Waals surface area contributed by atoms with Crippen molar-refractivity contribution in [2.45, 2.75) is 32.1 Å². The lowest BCUT2D eigenvalue weighted by Gasteiger charge is -2.22. The fourth-order valence-corrected chi connectivity index (χ4v) is 3.18. The highest BCUT2D eigenvalue weighted by atomic mass is 15.2. The Labute approximate surface area is 121 Å². The van der Waals surface area contributed by atoms with Gasteiger partial charge in [-0.3, -0.25) is 0 Å². The molecule has 0 spiro atoms. The summed E-state index contributed by atoms with van der Waals surface area (Å²) in [5.41, 5.74) is 1.19. The molecule has 1 aliphatic carbocycles. The lowest BCUT2D eigenvalue weighted by molar-refractivity contribution is 0.578. The predicted octanol–water partition coefficient (Wildman–Crippen LogP) is 1.88. The second kappa shape index (κ2) is 6.88. The molecule has 2 aliphatic rings. The van der Waals surface area contributed by atoms with Crippen LogP contribution in [-0.4, -0.2) is 42.9 Å². The Morgan fingerprint density at radius 2 is 2.10 bits per heavy atom. The molecule has 0 amide bonds. The molecule has 1 aliphatic heterocycles. The van der Waals surface area contributed by atoms with Gasteiger partial charge in [0.1, 0.15) is 0 Å². The number of nitrogens with zero attached hydrogens (tertiary/aromatic N) is 3. The van der Waals surface area contributed by atoms with Gasteiger partial charge < -0.3 is 15.5 Å². The summed E-state index contributed by atoms with van der Waals surface area (Å²) in [6, 6.07) is 2.15. The van der Waals surface area contributed by atoms with Crippen molar-refractivity contribution < 1.29 is 0 Å². The standard InChI is InChI=1S/C15H25N5/c1-2-5-13(4-1)11-17-15-10-14(12-18-19-15)20-8-3-6-16-7-9-20/h10,12-13,16H,1-9,11H2,(H,17,19). The highest BCUT2D eigenvalue weighted by Crippen LogP contribution is 2.25. The lowest BCUT2D eigenvalue weighted by Crippen LogP contribution is -2.28. The minimum atomic E-state index is 0.822. The fourth-order valence-electron chi connectivity index (χ4n) is 3.18. The molecule has 0 unspecified atom stereocenters. The normalized spacial score (nSPS) is 20.9. The van der Waals surface area contributed by atoms with E-state index in [0.29, 0.717) is 0 Å². The highest BCUT2D eigenvalue weighted by Gasteiger charge is 2.15. The quantitative estimate of drug-likeness (QED) is 0.878. The molecule has 2 N–H and O–H groups in total. The van der Waals surface area contributed by atoms with E-state index in [0.717, 1.165) is 44.5 Å². The summed E-state index contributed by atoms with van der Waals surface area (Å²) in [4.78, 5) is 2.40. The predicted molar refractivity (Wildman–Crippen MR) is 82.2 cm³/mol. The van der Waals surface area contributed by atoms with E-state index < -0.39 is 0 Å². The van der Waals surface area contributed by atoms with Gasteiger partial charge >= 0.3 is 0 Å². The van der Waals surface area contributed by atoms with E-state index in [4.69, 9.17) is 0 Å². The van der Waals surface area contributed by atoms with Gasteiger partial charge in [0.15, 0.2) is 5.82 Å². The average molecular weight is 275 g/mol. The Balaban J connectivity index is 1.59. The molecule has 1 saturated heterocycles. The molecule has 20 heavy (non-hydrogen) atoms. The Kier molecular flexibility index (Phi) is 4.69. The first kappa shape index (κ1) is 13.6. The largest absolute Gasteiger partial charge is 0.369 e. The number of rotatable bonds is 4. The van der Waals surface area contributed by atoms with Crippen LogP contribution in [0.2, 0.25) is 0 Å². The van der Waals surface area contributed by atoms with E-state index in [1.54, 1.807) is 0 Å². The summed E-state index contributed by atoms with van der Waals surface area (Å²) in [5, 5.41) is 15.3. The highest BCUT2D eigenvalue weighted by molar-refractivity contribution is 5.52. The zero-order chi connectivity index (χ0) is 13.6. The number of anilines is 2. The molecular weight excluding hydrogens is 250 g/mol. The molecule has 0 radical (unpaired) electrons. The van der Waals surface area contributed by atoms with Crippen molar-refractivity contribution in [1.29, 1.82) is 0 Å². The molecule has 0 atom stereocenters. The second-order valence-corrected chi connectivity index (χ2v) is 5.92. The van der Waals surface area contributed by atoms with E-state index in [1.165, 1.54) is 37.8 Å². The van der Waals surface area contributed by atoms with Gasteiger partial charge in [-0.1, -0.05) is 12.8 Å². The minimum absolute atomic E-state index is 0.822. The van der Waals surface area contributed by atoms with Gasteiger partial charge in [-0.05, 0) is 31.7 Å². The van der Waals surface area contributed by atoms with Gasteiger partial charge in [0.25, 0.3) is 0 Å². The smallest absolute Gasteiger partial charge is 0.150 e. The molecule has 1 aromatic rings. The van der Waals surface area contributed by atoms with Crippen LogP contribution >= 0.6 is 0 Å². The Morgan fingerprint density at radius 3 is 3.00 bits per heavy atom. The molecule has 5 heteroatoms. The monoisotopic (exact) mass is 275 g/mol. The first-order valence-corrected chi connectivity index (χ1v) is 7.94. The maximum absolute atomic E-state index is 4.22. The van der Waals surface area contributed by atoms with Crippen molar-refractivity contribution in [3.05, 3.63) is 12.3 Å². The number of hydrogen-bond acceptors (Lipinski definition) is 5. The number of aromatic nitrogens is 2. The van der Waals surface area contributed by atoms with Crippen molar-refractivity contribution in [1.82, 2.24) is 15.5 Å². The summed E-state index contributed by atoms with van der Waals surface area (Å²) in [6.07, 6.45) is 8.56. The Morgan fingerprint density at radius 1 is 1.20 bits per heavy atom. The molecule has 2 fully saturated rings. The van der Waals surface area contributed by atoms with E-state index in [2.05, 4.69) is 31.8 Å². The zero-order valence-corrected chi connectivity index (χ0v) is 12.1. The van der Waals surface area contributed by atoms with Crippen LogP contribution in [0.3, 0.4) is 0 Å². The third-order valence-electron chi connectivity index (χ3n) is 4.39. The maximum atomic E-state index is 4.22. The van der Waals surface area contributed by atoms with Gasteiger partial charge in [-0.25, -0.2) is 0 Å². The van der Waals surface area contributed by atoms with Crippen LogP contribution in [0, 0.1) is 5.92 Å². The third kappa shape index (κ3) is 3.60. The van der Waals surface area contributed by atoms with E-state index in [-0.39, 0.29) is 0 Å². The maximum Gasteiger partial charge on any atom is 0.150 e. The topological polar surface area (TPSA) is 53.1 Å². The first-order chi connectivity index (χ1) is 9.92. The van der Waals surface area contributed by atoms with Crippen molar-refractivity contribution in [2.75, 3.05) is 42.9 Å². The van der Waals surface area contributed by atoms with Crippen molar-refractivity contribution >= 4 is 11.5 Å². The average Bonchev–Trinajstić information content (AvgIpc) is 2.86. The van der Waals surface area contributed by atoms with Crippen LogP contribution in [0.4, 0.5) is 11.5 Å². The summed E-state index contributed by atoms with van der Waals surface area (Å²) in [7, 11) is 0. The van der Waals surface area contributed by atoms with Crippen LogP contribution in [0.15, 0.2) is 12.3 Å². The van der Waals surface area contributed by atoms with Crippen molar-refractivity contribution in [2.24, 2.45) is 5.92 Å². The molecule has 1 saturated carbocycles. The van der Waals surface area contributed by atoms with Gasteiger partial charge in [-0.2, -0.15) is 5.10 Å². The molecule has 2 heterocycles. The van der Waals surface area contributed by atoms with Gasteiger partial charge in [-0.15, -0.1) is 5.10 Å². The third-order valence-corrected chi connectivity index (χ3v) is 4.39. The zero-order valence-electron chi connectivity index (χ0n) is 12.1. The second-order valence-electron chi connectivity index (χ2n) is 5.92. The van der Waals surface area contributed by atoms with E-state index in [9.17, 15) is 0 Å². The van der Waals surface area contributed by atoms with Crippen molar-refractivity contribution in [3.63, 3.8) is 0 Å². The van der Waals surface area contributed by atoms with E-state index in [1.807, 2.05) is 6.20 Å². The van der Waals surface area contributed by atoms with Gasteiger partial charge in [0.05, 0.1) is 11.9 Å². The van der Waals surface area contributed by atoms with Crippen molar-refractivity contribution in [3.8, 4) is 0 Å². The van der Waals surface area contributed by atoms with Gasteiger partial charge in [0, 0.05) is 32.2 Å². The lowest BCUT2D eigenvalue weighted by atomic mass is 10.1. The Bertz CT molecular complexity index is 408. The molecule has 5 nitrogen and oxygen atoms in total. The molecule has 0 aromatic carbocycles. The molecule has 110 valence electrons. The summed E-state index contributed by atoms with van der Waals surface area (Å²) >= 11 is 0. The van der Waals surface area contributed by atoms with Crippen LogP contribution in [0.25, 0.3) is 0 Å². The minimum Gasteiger partial charge on any atom is -0.369 e. The summed E-state index contributed by atoms with van der Waals surface area (Å²) in [5.74, 6) is 1.74. The molecule has 1 aromatic heterocycles.